The van der Waals surface area contributed by atoms with E-state index in [1.807, 2.05) is 37.4 Å². The molecule has 1 aromatic rings. The van der Waals surface area contributed by atoms with E-state index in [0.717, 1.165) is 31.4 Å². The lowest BCUT2D eigenvalue weighted by atomic mass is 9.90. The van der Waals surface area contributed by atoms with Crippen molar-refractivity contribution in [1.82, 2.24) is 10.2 Å². The summed E-state index contributed by atoms with van der Waals surface area (Å²) in [4.78, 5) is 15.3. The van der Waals surface area contributed by atoms with Gasteiger partial charge in [-0.2, -0.15) is 0 Å². The molecule has 0 bridgehead atoms. The Balaban J connectivity index is 1.82. The molecule has 2 fully saturated rings. The molecule has 0 aliphatic carbocycles. The van der Waals surface area contributed by atoms with Crippen LogP contribution in [0.4, 0.5) is 0 Å². The highest BCUT2D eigenvalue weighted by Crippen LogP contribution is 2.34. The number of hydrogen-bond acceptors (Lipinski definition) is 7. The van der Waals surface area contributed by atoms with Crippen LogP contribution in [-0.4, -0.2) is 81.9 Å². The molecule has 1 aromatic carbocycles. The predicted molar refractivity (Wildman–Crippen MR) is 117 cm³/mol. The topological polar surface area (TPSA) is 102 Å². The summed E-state index contributed by atoms with van der Waals surface area (Å²) in [6.45, 7) is 3.05. The summed E-state index contributed by atoms with van der Waals surface area (Å²) in [5.74, 6) is 0.391. The van der Waals surface area contributed by atoms with Crippen LogP contribution in [0.5, 0.6) is 0 Å². The first-order chi connectivity index (χ1) is 14.4. The van der Waals surface area contributed by atoms with Gasteiger partial charge in [0.2, 0.25) is 5.91 Å². The van der Waals surface area contributed by atoms with E-state index in [-0.39, 0.29) is 11.9 Å². The number of hydrogen-bond donors (Lipinski definition) is 4. The molecular formula is C22H34N2O5S. The molecule has 8 heteroatoms. The van der Waals surface area contributed by atoms with Gasteiger partial charge in [0.1, 0.15) is 29.9 Å². The number of nitrogens with zero attached hydrogens (tertiary/aromatic N) is 1. The summed E-state index contributed by atoms with van der Waals surface area (Å²) in [7, 11) is 1.97. The van der Waals surface area contributed by atoms with Gasteiger partial charge in [0.05, 0.1) is 12.1 Å². The molecule has 1 amide bonds. The summed E-state index contributed by atoms with van der Waals surface area (Å²) in [6.07, 6.45) is 0.000694. The van der Waals surface area contributed by atoms with Crippen LogP contribution in [0.2, 0.25) is 0 Å². The van der Waals surface area contributed by atoms with Gasteiger partial charge in [0, 0.05) is 6.54 Å². The summed E-state index contributed by atoms with van der Waals surface area (Å²) in [5.41, 5.74) is 0.0868. The molecular weight excluding hydrogens is 404 g/mol. The normalized spacial score (nSPS) is 35.9. The highest BCUT2D eigenvalue weighted by atomic mass is 32.2. The first-order valence-corrected chi connectivity index (χ1v) is 11.9. The van der Waals surface area contributed by atoms with E-state index < -0.39 is 35.9 Å². The van der Waals surface area contributed by atoms with Crippen LogP contribution in [0, 0.1) is 5.92 Å². The number of nitrogens with one attached hydrogen (secondary N) is 1. The van der Waals surface area contributed by atoms with Crippen molar-refractivity contribution in [3.05, 3.63) is 35.9 Å². The van der Waals surface area contributed by atoms with Crippen molar-refractivity contribution in [2.45, 2.75) is 68.1 Å². The minimum Gasteiger partial charge on any atom is -0.387 e. The zero-order valence-corrected chi connectivity index (χ0v) is 18.7. The Morgan fingerprint density at radius 2 is 1.93 bits per heavy atom. The van der Waals surface area contributed by atoms with E-state index >= 15 is 0 Å². The van der Waals surface area contributed by atoms with Crippen molar-refractivity contribution in [3.8, 4) is 0 Å². The fraction of sp³-hybridized carbons (Fsp3) is 0.682. The largest absolute Gasteiger partial charge is 0.387 e. The fourth-order valence-electron chi connectivity index (χ4n) is 4.64. The van der Waals surface area contributed by atoms with Crippen molar-refractivity contribution in [3.63, 3.8) is 0 Å². The lowest BCUT2D eigenvalue weighted by Crippen LogP contribution is -2.60. The van der Waals surface area contributed by atoms with Crippen molar-refractivity contribution in [2.75, 3.05) is 19.8 Å². The predicted octanol–water partition coefficient (Wildman–Crippen LogP) is 1.13. The average molecular weight is 439 g/mol. The van der Waals surface area contributed by atoms with Gasteiger partial charge in [-0.15, -0.1) is 11.8 Å². The first kappa shape index (κ1) is 23.5. The quantitative estimate of drug-likeness (QED) is 0.506. The molecule has 30 heavy (non-hydrogen) atoms. The number of likely N-dealkylation sites (tertiary alicyclic amines) is 1. The Hall–Kier alpha value is -1.16. The highest BCUT2D eigenvalue weighted by molar-refractivity contribution is 7.99. The van der Waals surface area contributed by atoms with Gasteiger partial charge >= 0.3 is 0 Å². The number of likely N-dealkylation sites (N-methyl/N-ethyl adjacent to an activating group) is 1. The van der Waals surface area contributed by atoms with Crippen molar-refractivity contribution < 1.29 is 24.9 Å². The summed E-state index contributed by atoms with van der Waals surface area (Å²) in [6, 6.07) is 8.45. The van der Waals surface area contributed by atoms with Gasteiger partial charge < -0.3 is 25.4 Å². The minimum absolute atomic E-state index is 0.109. The van der Waals surface area contributed by atoms with Gasteiger partial charge in [0.15, 0.2) is 0 Å². The molecule has 2 aliphatic rings. The van der Waals surface area contributed by atoms with Gasteiger partial charge in [-0.05, 0) is 37.6 Å². The van der Waals surface area contributed by atoms with E-state index in [9.17, 15) is 20.1 Å². The number of rotatable bonds is 7. The number of benzene rings is 1. The lowest BCUT2D eigenvalue weighted by Gasteiger charge is -2.43. The summed E-state index contributed by atoms with van der Waals surface area (Å²) in [5, 5.41) is 34.3. The molecule has 0 radical (unpaired) electrons. The molecule has 0 spiro atoms. The maximum absolute atomic E-state index is 13.2. The zero-order chi connectivity index (χ0) is 21.8. The van der Waals surface area contributed by atoms with E-state index in [1.165, 1.54) is 11.8 Å². The van der Waals surface area contributed by atoms with Crippen LogP contribution >= 0.6 is 11.8 Å². The Kier molecular flexibility index (Phi) is 8.17. The second-order valence-electron chi connectivity index (χ2n) is 8.42. The minimum atomic E-state index is -1.35. The average Bonchev–Trinajstić information content (AvgIpc) is 3.12. The Labute approximate surface area is 182 Å². The number of thioether (sulfide) groups is 1. The van der Waals surface area contributed by atoms with Gasteiger partial charge in [-0.1, -0.05) is 43.7 Å². The van der Waals surface area contributed by atoms with Crippen LogP contribution < -0.4 is 5.32 Å². The monoisotopic (exact) mass is 438 g/mol. The number of carbonyl (C=O) groups is 1. The maximum atomic E-state index is 13.2. The van der Waals surface area contributed by atoms with Crippen LogP contribution in [0.3, 0.4) is 0 Å². The smallest absolute Gasteiger partial charge is 0.237 e. The molecule has 0 unspecified atom stereocenters. The van der Waals surface area contributed by atoms with E-state index in [1.54, 1.807) is 6.26 Å². The molecule has 3 rings (SSSR count). The van der Waals surface area contributed by atoms with Crippen molar-refractivity contribution in [1.29, 1.82) is 0 Å². The van der Waals surface area contributed by atoms with Gasteiger partial charge in [-0.3, -0.25) is 9.69 Å². The number of aliphatic hydroxyl groups excluding tert-OH is 3. The highest BCUT2D eigenvalue weighted by Gasteiger charge is 2.47. The zero-order valence-electron chi connectivity index (χ0n) is 17.8. The summed E-state index contributed by atoms with van der Waals surface area (Å²) >= 11 is 1.26. The van der Waals surface area contributed by atoms with Crippen LogP contribution in [0.1, 0.15) is 37.8 Å². The van der Waals surface area contributed by atoms with Gasteiger partial charge in [0.25, 0.3) is 0 Å². The molecule has 2 saturated heterocycles. The third kappa shape index (κ3) is 5.00. The molecule has 8 atom stereocenters. The lowest BCUT2D eigenvalue weighted by molar-refractivity contribution is -0.206. The first-order valence-electron chi connectivity index (χ1n) is 10.6. The number of aliphatic hydroxyl groups is 3. The number of ether oxygens (including phenoxy) is 1. The molecule has 4 N–H and O–H groups in total. The maximum Gasteiger partial charge on any atom is 0.237 e. The molecule has 0 saturated carbocycles. The molecule has 7 nitrogen and oxygen atoms in total. The second-order valence-corrected chi connectivity index (χ2v) is 9.36. The third-order valence-electron chi connectivity index (χ3n) is 6.26. The van der Waals surface area contributed by atoms with Crippen LogP contribution in [-0.2, 0) is 9.53 Å². The van der Waals surface area contributed by atoms with Crippen molar-refractivity contribution >= 4 is 17.7 Å². The number of carbonyl (C=O) groups excluding carboxylic acids is 1. The van der Waals surface area contributed by atoms with Crippen molar-refractivity contribution in [2.24, 2.45) is 5.92 Å². The van der Waals surface area contributed by atoms with Crippen LogP contribution in [0.25, 0.3) is 0 Å². The second kappa shape index (κ2) is 10.4. The molecule has 2 heterocycles. The van der Waals surface area contributed by atoms with Crippen LogP contribution in [0.15, 0.2) is 30.3 Å². The fourth-order valence-corrected chi connectivity index (χ4v) is 5.32. The Morgan fingerprint density at radius 3 is 2.57 bits per heavy atom. The molecule has 2 aliphatic heterocycles. The van der Waals surface area contributed by atoms with E-state index in [2.05, 4.69) is 17.1 Å². The number of amides is 1. The Bertz CT molecular complexity index is 691. The molecule has 0 aromatic heterocycles. The SMILES string of the molecule is CCC[C@@H]1C[C@@H](C(=O)N[C@H](c2ccccc2)[C@H]2O[C@H](SC)[C@H](O)[C@@H](O)[C@H]2O)N(C)C1. The summed E-state index contributed by atoms with van der Waals surface area (Å²) < 4.78 is 5.97. The van der Waals surface area contributed by atoms with E-state index in [0.29, 0.717) is 5.92 Å². The van der Waals surface area contributed by atoms with Gasteiger partial charge in [-0.25, -0.2) is 0 Å². The Morgan fingerprint density at radius 1 is 1.23 bits per heavy atom. The molecule has 168 valence electrons. The standard InChI is InChI=1S/C22H34N2O5S/c1-4-8-13-11-15(24(2)12-13)21(28)23-16(14-9-6-5-7-10-14)20-18(26)17(25)19(27)22(29-20)30-3/h5-7,9-10,13,15-20,22,25-27H,4,8,11-12H2,1-3H3,(H,23,28)/t13-,15+,16-,17+,18-,19-,20-,22-/m1/s1. The third-order valence-corrected chi connectivity index (χ3v) is 7.11. The van der Waals surface area contributed by atoms with E-state index in [4.69, 9.17) is 4.74 Å².